The van der Waals surface area contributed by atoms with Gasteiger partial charge in [0.15, 0.2) is 5.82 Å². The minimum Gasteiger partial charge on any atom is -0.381 e. The second-order valence-electron chi connectivity index (χ2n) is 5.09. The van der Waals surface area contributed by atoms with Crippen LogP contribution in [0, 0.1) is 11.6 Å². The van der Waals surface area contributed by atoms with E-state index < -0.39 is 11.6 Å². The highest BCUT2D eigenvalue weighted by Gasteiger charge is 2.18. The van der Waals surface area contributed by atoms with Crippen LogP contribution in [-0.2, 0) is 0 Å². The zero-order valence-electron chi connectivity index (χ0n) is 11.1. The lowest BCUT2D eigenvalue weighted by molar-refractivity contribution is 0.179. The number of rotatable bonds is 4. The molecule has 1 heterocycles. The van der Waals surface area contributed by atoms with Gasteiger partial charge in [-0.05, 0) is 38.9 Å². The van der Waals surface area contributed by atoms with Crippen LogP contribution in [0.4, 0.5) is 14.5 Å². The summed E-state index contributed by atoms with van der Waals surface area (Å²) in [7, 11) is 2.12. The smallest absolute Gasteiger partial charge is 0.150 e. The van der Waals surface area contributed by atoms with Crippen molar-refractivity contribution in [2.45, 2.75) is 31.7 Å². The molecular weight excluding hydrogens is 270 g/mol. The van der Waals surface area contributed by atoms with Gasteiger partial charge in [0, 0.05) is 18.7 Å². The van der Waals surface area contributed by atoms with Crippen molar-refractivity contribution in [1.82, 2.24) is 4.90 Å². The van der Waals surface area contributed by atoms with Gasteiger partial charge in [-0.3, -0.25) is 0 Å². The lowest BCUT2D eigenvalue weighted by atomic mass is 10.0. The summed E-state index contributed by atoms with van der Waals surface area (Å²) in [6.45, 7) is 1.76. The number of piperidine rings is 1. The molecule has 5 heteroatoms. The Labute approximate surface area is 117 Å². The number of benzene rings is 1. The standard InChI is InChI=1S/C14H19ClF2N2/c1-19-7-3-2-4-11(19)5-6-18-14-12(15)8-10(16)9-13(14)17/h8-9,11,18H,2-7H2,1H3. The van der Waals surface area contributed by atoms with Crippen LogP contribution in [0.1, 0.15) is 25.7 Å². The minimum atomic E-state index is -0.653. The molecule has 2 rings (SSSR count). The molecule has 1 unspecified atom stereocenters. The van der Waals surface area contributed by atoms with Crippen LogP contribution in [0.25, 0.3) is 0 Å². The molecule has 1 aromatic rings. The Kier molecular flexibility index (Phi) is 4.99. The molecule has 106 valence electrons. The summed E-state index contributed by atoms with van der Waals surface area (Å²) in [5.41, 5.74) is 0.196. The van der Waals surface area contributed by atoms with Crippen LogP contribution < -0.4 is 5.32 Å². The molecule has 1 aliphatic rings. The zero-order chi connectivity index (χ0) is 13.8. The molecule has 0 radical (unpaired) electrons. The molecule has 1 aromatic carbocycles. The van der Waals surface area contributed by atoms with E-state index in [0.717, 1.165) is 25.1 Å². The Hall–Kier alpha value is -0.870. The largest absolute Gasteiger partial charge is 0.381 e. The fraction of sp³-hybridized carbons (Fsp3) is 0.571. The summed E-state index contributed by atoms with van der Waals surface area (Å²) in [4.78, 5) is 2.34. The Morgan fingerprint density at radius 1 is 1.37 bits per heavy atom. The van der Waals surface area contributed by atoms with Gasteiger partial charge in [-0.25, -0.2) is 8.78 Å². The van der Waals surface area contributed by atoms with Crippen molar-refractivity contribution in [3.8, 4) is 0 Å². The van der Waals surface area contributed by atoms with Crippen LogP contribution in [-0.4, -0.2) is 31.1 Å². The lowest BCUT2D eigenvalue weighted by Crippen LogP contribution is -2.37. The predicted molar refractivity (Wildman–Crippen MR) is 74.7 cm³/mol. The number of nitrogens with zero attached hydrogens (tertiary/aromatic N) is 1. The third kappa shape index (κ3) is 3.80. The number of halogens is 3. The Morgan fingerprint density at radius 3 is 2.84 bits per heavy atom. The van der Waals surface area contributed by atoms with E-state index in [1.54, 1.807) is 0 Å². The molecule has 0 bridgehead atoms. The van der Waals surface area contributed by atoms with E-state index in [-0.39, 0.29) is 10.7 Å². The number of hydrogen-bond acceptors (Lipinski definition) is 2. The summed E-state index contributed by atoms with van der Waals surface area (Å²) >= 11 is 5.83. The molecule has 1 fully saturated rings. The third-order valence-corrected chi connectivity index (χ3v) is 4.01. The fourth-order valence-electron chi connectivity index (χ4n) is 2.58. The topological polar surface area (TPSA) is 15.3 Å². The van der Waals surface area contributed by atoms with E-state index in [4.69, 9.17) is 11.6 Å². The Morgan fingerprint density at radius 2 is 2.16 bits per heavy atom. The van der Waals surface area contributed by atoms with Crippen LogP contribution >= 0.6 is 11.6 Å². The van der Waals surface area contributed by atoms with Crippen LogP contribution in [0.15, 0.2) is 12.1 Å². The number of anilines is 1. The van der Waals surface area contributed by atoms with Gasteiger partial charge in [-0.15, -0.1) is 0 Å². The van der Waals surface area contributed by atoms with Gasteiger partial charge in [0.1, 0.15) is 5.82 Å². The van der Waals surface area contributed by atoms with E-state index in [1.165, 1.54) is 19.3 Å². The van der Waals surface area contributed by atoms with Gasteiger partial charge in [-0.2, -0.15) is 0 Å². The summed E-state index contributed by atoms with van der Waals surface area (Å²) in [6, 6.07) is 2.50. The average molecular weight is 289 g/mol. The molecule has 0 amide bonds. The molecule has 0 aliphatic carbocycles. The molecule has 1 saturated heterocycles. The lowest BCUT2D eigenvalue weighted by Gasteiger charge is -2.32. The molecule has 2 nitrogen and oxygen atoms in total. The Balaban J connectivity index is 1.89. The molecule has 1 N–H and O–H groups in total. The van der Waals surface area contributed by atoms with Gasteiger partial charge in [-0.1, -0.05) is 18.0 Å². The maximum absolute atomic E-state index is 13.6. The second-order valence-corrected chi connectivity index (χ2v) is 5.50. The second kappa shape index (κ2) is 6.53. The molecule has 1 atom stereocenters. The number of likely N-dealkylation sites (tertiary alicyclic amines) is 1. The SMILES string of the molecule is CN1CCCCC1CCNc1c(F)cc(F)cc1Cl. The Bertz CT molecular complexity index is 416. The van der Waals surface area contributed by atoms with Crippen LogP contribution in [0.5, 0.6) is 0 Å². The molecule has 0 spiro atoms. The first-order valence-electron chi connectivity index (χ1n) is 6.66. The first-order chi connectivity index (χ1) is 9.08. The fourth-order valence-corrected chi connectivity index (χ4v) is 2.85. The van der Waals surface area contributed by atoms with Crippen molar-refractivity contribution in [3.63, 3.8) is 0 Å². The minimum absolute atomic E-state index is 0.0921. The molecule has 1 aliphatic heterocycles. The van der Waals surface area contributed by atoms with E-state index in [1.807, 2.05) is 0 Å². The highest BCUT2D eigenvalue weighted by molar-refractivity contribution is 6.33. The summed E-state index contributed by atoms with van der Waals surface area (Å²) in [6.07, 6.45) is 4.61. The number of nitrogens with one attached hydrogen (secondary N) is 1. The van der Waals surface area contributed by atoms with Crippen LogP contribution in [0.3, 0.4) is 0 Å². The first-order valence-corrected chi connectivity index (χ1v) is 7.04. The van der Waals surface area contributed by atoms with Gasteiger partial charge in [0.25, 0.3) is 0 Å². The highest BCUT2D eigenvalue weighted by atomic mass is 35.5. The van der Waals surface area contributed by atoms with Gasteiger partial charge >= 0.3 is 0 Å². The maximum atomic E-state index is 13.6. The van der Waals surface area contributed by atoms with E-state index in [9.17, 15) is 8.78 Å². The monoisotopic (exact) mass is 288 g/mol. The van der Waals surface area contributed by atoms with Gasteiger partial charge in [0.05, 0.1) is 10.7 Å². The van der Waals surface area contributed by atoms with Crippen molar-refractivity contribution in [3.05, 3.63) is 28.8 Å². The predicted octanol–water partition coefficient (Wildman–Crippen LogP) is 3.90. The third-order valence-electron chi connectivity index (χ3n) is 3.71. The highest BCUT2D eigenvalue weighted by Crippen LogP contribution is 2.26. The molecular formula is C14H19ClF2N2. The first kappa shape index (κ1) is 14.5. The van der Waals surface area contributed by atoms with Crippen molar-refractivity contribution >= 4 is 17.3 Å². The zero-order valence-corrected chi connectivity index (χ0v) is 11.8. The quantitative estimate of drug-likeness (QED) is 0.904. The van der Waals surface area contributed by atoms with Crippen molar-refractivity contribution in [2.24, 2.45) is 0 Å². The molecule has 0 aromatic heterocycles. The molecule has 19 heavy (non-hydrogen) atoms. The van der Waals surface area contributed by atoms with Crippen molar-refractivity contribution in [2.75, 3.05) is 25.5 Å². The molecule has 0 saturated carbocycles. The van der Waals surface area contributed by atoms with E-state index in [2.05, 4.69) is 17.3 Å². The van der Waals surface area contributed by atoms with Crippen LogP contribution in [0.2, 0.25) is 5.02 Å². The number of hydrogen-bond donors (Lipinski definition) is 1. The van der Waals surface area contributed by atoms with E-state index >= 15 is 0 Å². The van der Waals surface area contributed by atoms with Crippen molar-refractivity contribution in [1.29, 1.82) is 0 Å². The summed E-state index contributed by atoms with van der Waals surface area (Å²) in [5, 5.41) is 3.07. The van der Waals surface area contributed by atoms with E-state index in [0.29, 0.717) is 12.6 Å². The normalized spacial score (nSPS) is 20.5. The maximum Gasteiger partial charge on any atom is 0.150 e. The average Bonchev–Trinajstić information content (AvgIpc) is 2.34. The van der Waals surface area contributed by atoms with Gasteiger partial charge < -0.3 is 10.2 Å². The van der Waals surface area contributed by atoms with Crippen molar-refractivity contribution < 1.29 is 8.78 Å². The summed E-state index contributed by atoms with van der Waals surface area (Å²) in [5.74, 6) is -1.29. The summed E-state index contributed by atoms with van der Waals surface area (Å²) < 4.78 is 26.5. The van der Waals surface area contributed by atoms with Gasteiger partial charge in [0.2, 0.25) is 0 Å².